The molecular weight excluding hydrogens is 220 g/mol. The molecule has 0 aliphatic heterocycles. The lowest BCUT2D eigenvalue weighted by Gasteiger charge is -2.16. The van der Waals surface area contributed by atoms with Gasteiger partial charge in [0.05, 0.1) is 20.3 Å². The van der Waals surface area contributed by atoms with Gasteiger partial charge in [0.25, 0.3) is 0 Å². The molecule has 0 radical (unpaired) electrons. The van der Waals surface area contributed by atoms with Gasteiger partial charge in [0.2, 0.25) is 17.7 Å². The first-order valence-corrected chi connectivity index (χ1v) is 5.67. The number of nitrogens with zero attached hydrogens (tertiary/aromatic N) is 2. The van der Waals surface area contributed by atoms with Gasteiger partial charge in [-0.25, -0.2) is 0 Å². The molecule has 17 heavy (non-hydrogen) atoms. The molecule has 0 bridgehead atoms. The number of ether oxygens (including phenoxy) is 2. The lowest BCUT2D eigenvalue weighted by atomic mass is 10.1. The summed E-state index contributed by atoms with van der Waals surface area (Å²) in [6.07, 6.45) is 1.83. The molecule has 3 N–H and O–H groups in total. The molecule has 1 unspecified atom stereocenters. The van der Waals surface area contributed by atoms with E-state index in [0.29, 0.717) is 24.3 Å². The maximum atomic E-state index is 5.54. The van der Waals surface area contributed by atoms with Gasteiger partial charge in [-0.05, 0) is 19.4 Å². The van der Waals surface area contributed by atoms with E-state index in [1.165, 1.54) is 0 Å². The van der Waals surface area contributed by atoms with Crippen molar-refractivity contribution in [2.75, 3.05) is 26.1 Å². The Morgan fingerprint density at radius 1 is 1.29 bits per heavy atom. The largest absolute Gasteiger partial charge is 0.481 e. The van der Waals surface area contributed by atoms with Crippen molar-refractivity contribution in [3.63, 3.8) is 0 Å². The number of anilines is 1. The normalized spacial score (nSPS) is 12.0. The lowest BCUT2D eigenvalue weighted by molar-refractivity contribution is 0.372. The van der Waals surface area contributed by atoms with Crippen LogP contribution in [-0.4, -0.2) is 36.8 Å². The van der Waals surface area contributed by atoms with Crippen LogP contribution >= 0.6 is 0 Å². The average Bonchev–Trinajstić information content (AvgIpc) is 2.37. The van der Waals surface area contributed by atoms with Gasteiger partial charge in [-0.15, -0.1) is 0 Å². The van der Waals surface area contributed by atoms with Crippen LogP contribution in [0.25, 0.3) is 0 Å². The Balaban J connectivity index is 2.81. The second-order valence-corrected chi connectivity index (χ2v) is 3.60. The van der Waals surface area contributed by atoms with Crippen LogP contribution in [0.15, 0.2) is 6.07 Å². The zero-order valence-corrected chi connectivity index (χ0v) is 10.6. The van der Waals surface area contributed by atoms with E-state index < -0.39 is 0 Å². The highest BCUT2D eigenvalue weighted by Gasteiger charge is 2.10. The van der Waals surface area contributed by atoms with Gasteiger partial charge in [0.15, 0.2) is 0 Å². The van der Waals surface area contributed by atoms with Crippen LogP contribution in [-0.2, 0) is 0 Å². The number of nitrogens with two attached hydrogens (primary N) is 1. The zero-order chi connectivity index (χ0) is 12.7. The Morgan fingerprint density at radius 2 is 1.88 bits per heavy atom. The van der Waals surface area contributed by atoms with E-state index in [2.05, 4.69) is 22.2 Å². The molecule has 1 atom stereocenters. The zero-order valence-electron chi connectivity index (χ0n) is 10.6. The number of nitrogens with one attached hydrogen (secondary N) is 1. The third kappa shape index (κ3) is 4.07. The molecular formula is C11H20N4O2. The van der Waals surface area contributed by atoms with Crippen LogP contribution in [0.5, 0.6) is 11.8 Å². The molecule has 96 valence electrons. The molecule has 1 aromatic rings. The van der Waals surface area contributed by atoms with Gasteiger partial charge in [-0.1, -0.05) is 6.92 Å². The van der Waals surface area contributed by atoms with E-state index in [9.17, 15) is 0 Å². The first kappa shape index (κ1) is 13.5. The Labute approximate surface area is 102 Å². The third-order valence-corrected chi connectivity index (χ3v) is 2.44. The first-order chi connectivity index (χ1) is 8.23. The summed E-state index contributed by atoms with van der Waals surface area (Å²) in [7, 11) is 3.12. The average molecular weight is 240 g/mol. The van der Waals surface area contributed by atoms with Gasteiger partial charge < -0.3 is 20.5 Å². The van der Waals surface area contributed by atoms with E-state index in [0.717, 1.165) is 12.8 Å². The molecule has 0 fully saturated rings. The first-order valence-electron chi connectivity index (χ1n) is 5.67. The Kier molecular flexibility index (Phi) is 5.48. The van der Waals surface area contributed by atoms with Crippen molar-refractivity contribution in [1.29, 1.82) is 0 Å². The second kappa shape index (κ2) is 6.90. The number of aromatic nitrogens is 2. The monoisotopic (exact) mass is 240 g/mol. The van der Waals surface area contributed by atoms with Crippen LogP contribution in [0.4, 0.5) is 5.95 Å². The topological polar surface area (TPSA) is 82.3 Å². The molecule has 0 saturated carbocycles. The predicted octanol–water partition coefficient (Wildman–Crippen LogP) is 1.03. The van der Waals surface area contributed by atoms with E-state index in [4.69, 9.17) is 15.2 Å². The van der Waals surface area contributed by atoms with Gasteiger partial charge in [-0.2, -0.15) is 9.97 Å². The maximum absolute atomic E-state index is 5.54. The molecule has 1 rings (SSSR count). The van der Waals surface area contributed by atoms with Crippen molar-refractivity contribution in [2.45, 2.75) is 25.8 Å². The minimum Gasteiger partial charge on any atom is -0.481 e. The fraction of sp³-hybridized carbons (Fsp3) is 0.636. The molecule has 0 aliphatic carbocycles. The summed E-state index contributed by atoms with van der Waals surface area (Å²) < 4.78 is 10.2. The number of methoxy groups -OCH3 is 2. The molecule has 0 aliphatic rings. The van der Waals surface area contributed by atoms with Crippen molar-refractivity contribution < 1.29 is 9.47 Å². The van der Waals surface area contributed by atoms with E-state index >= 15 is 0 Å². The fourth-order valence-corrected chi connectivity index (χ4v) is 1.44. The predicted molar refractivity (Wildman–Crippen MR) is 66.5 cm³/mol. The van der Waals surface area contributed by atoms with Crippen LogP contribution < -0.4 is 20.5 Å². The molecule has 0 aromatic carbocycles. The molecule has 0 amide bonds. The van der Waals surface area contributed by atoms with Gasteiger partial charge in [0.1, 0.15) is 0 Å². The highest BCUT2D eigenvalue weighted by molar-refractivity contribution is 5.34. The van der Waals surface area contributed by atoms with Crippen molar-refractivity contribution in [2.24, 2.45) is 5.73 Å². The number of rotatable bonds is 7. The van der Waals surface area contributed by atoms with Gasteiger partial charge >= 0.3 is 0 Å². The SMILES string of the molecule is CCC(CCN)Nc1nc(OC)cc(OC)n1. The van der Waals surface area contributed by atoms with E-state index in [-0.39, 0.29) is 6.04 Å². The summed E-state index contributed by atoms with van der Waals surface area (Å²) in [6, 6.07) is 1.89. The van der Waals surface area contributed by atoms with E-state index in [1.807, 2.05) is 0 Å². The smallest absolute Gasteiger partial charge is 0.229 e. The van der Waals surface area contributed by atoms with Gasteiger partial charge in [0, 0.05) is 6.04 Å². The quantitative estimate of drug-likeness (QED) is 0.741. The number of hydrogen-bond acceptors (Lipinski definition) is 6. The fourth-order valence-electron chi connectivity index (χ4n) is 1.44. The summed E-state index contributed by atoms with van der Waals surface area (Å²) in [6.45, 7) is 2.72. The lowest BCUT2D eigenvalue weighted by Crippen LogP contribution is -2.23. The molecule has 1 aromatic heterocycles. The summed E-state index contributed by atoms with van der Waals surface area (Å²) in [5, 5.41) is 3.22. The maximum Gasteiger partial charge on any atom is 0.229 e. The third-order valence-electron chi connectivity index (χ3n) is 2.44. The Bertz CT molecular complexity index is 324. The van der Waals surface area contributed by atoms with Crippen molar-refractivity contribution in [3.05, 3.63) is 6.07 Å². The number of hydrogen-bond donors (Lipinski definition) is 2. The molecule has 0 saturated heterocycles. The van der Waals surface area contributed by atoms with Crippen molar-refractivity contribution >= 4 is 5.95 Å². The van der Waals surface area contributed by atoms with E-state index in [1.54, 1.807) is 20.3 Å². The Morgan fingerprint density at radius 3 is 2.29 bits per heavy atom. The standard InChI is InChI=1S/C11H20N4O2/c1-4-8(5-6-12)13-11-14-9(16-2)7-10(15-11)17-3/h7-8H,4-6,12H2,1-3H3,(H,13,14,15). The summed E-state index contributed by atoms with van der Waals surface area (Å²) in [5.41, 5.74) is 5.54. The van der Waals surface area contributed by atoms with Crippen LogP contribution in [0.3, 0.4) is 0 Å². The van der Waals surface area contributed by atoms with Crippen LogP contribution in [0.2, 0.25) is 0 Å². The minimum atomic E-state index is 0.261. The van der Waals surface area contributed by atoms with Crippen LogP contribution in [0.1, 0.15) is 19.8 Å². The minimum absolute atomic E-state index is 0.261. The molecule has 6 heteroatoms. The molecule has 0 spiro atoms. The summed E-state index contributed by atoms with van der Waals surface area (Å²) in [5.74, 6) is 1.45. The van der Waals surface area contributed by atoms with Crippen molar-refractivity contribution in [3.8, 4) is 11.8 Å². The Hall–Kier alpha value is -1.56. The summed E-state index contributed by atoms with van der Waals surface area (Å²) in [4.78, 5) is 8.41. The highest BCUT2D eigenvalue weighted by atomic mass is 16.5. The second-order valence-electron chi connectivity index (χ2n) is 3.60. The molecule has 6 nitrogen and oxygen atoms in total. The molecule has 1 heterocycles. The van der Waals surface area contributed by atoms with Crippen LogP contribution in [0, 0.1) is 0 Å². The van der Waals surface area contributed by atoms with Gasteiger partial charge in [-0.3, -0.25) is 0 Å². The van der Waals surface area contributed by atoms with Crippen molar-refractivity contribution in [1.82, 2.24) is 9.97 Å². The highest BCUT2D eigenvalue weighted by Crippen LogP contribution is 2.18. The summed E-state index contributed by atoms with van der Waals surface area (Å²) >= 11 is 0.